The zero-order valence-corrected chi connectivity index (χ0v) is 11.9. The summed E-state index contributed by atoms with van der Waals surface area (Å²) in [5.41, 5.74) is 14.7. The van der Waals surface area contributed by atoms with Gasteiger partial charge >= 0.3 is 0 Å². The Kier molecular flexibility index (Phi) is 3.39. The van der Waals surface area contributed by atoms with E-state index in [1.807, 2.05) is 36.1 Å². The van der Waals surface area contributed by atoms with Crippen LogP contribution in [0.3, 0.4) is 0 Å². The molecule has 110 valence electrons. The van der Waals surface area contributed by atoms with E-state index in [4.69, 9.17) is 16.2 Å². The Labute approximate surface area is 122 Å². The predicted molar refractivity (Wildman–Crippen MR) is 82.0 cm³/mol. The van der Waals surface area contributed by atoms with Crippen molar-refractivity contribution in [2.45, 2.75) is 13.0 Å². The van der Waals surface area contributed by atoms with Crippen molar-refractivity contribution >= 4 is 28.2 Å². The number of aromatic nitrogens is 1. The van der Waals surface area contributed by atoms with Crippen LogP contribution in [0.1, 0.15) is 5.69 Å². The summed E-state index contributed by atoms with van der Waals surface area (Å²) in [5.74, 6) is -0.388. The molecule has 0 saturated carbocycles. The molecule has 0 bridgehead atoms. The van der Waals surface area contributed by atoms with E-state index >= 15 is 0 Å². The second-order valence-corrected chi connectivity index (χ2v) is 5.25. The van der Waals surface area contributed by atoms with E-state index < -0.39 is 6.04 Å². The minimum absolute atomic E-state index is 0.306. The number of ether oxygens (including phenoxy) is 1. The number of benzene rings is 1. The van der Waals surface area contributed by atoms with Crippen molar-refractivity contribution in [1.29, 1.82) is 0 Å². The van der Waals surface area contributed by atoms with Crippen LogP contribution in [0, 0.1) is 6.92 Å². The number of nitrogen functional groups attached to an aromatic ring is 1. The van der Waals surface area contributed by atoms with Gasteiger partial charge in [-0.15, -0.1) is 0 Å². The lowest BCUT2D eigenvalue weighted by Crippen LogP contribution is -2.52. The van der Waals surface area contributed by atoms with Crippen molar-refractivity contribution in [3.8, 4) is 0 Å². The first-order chi connectivity index (χ1) is 10.1. The number of fused-ring (bicyclic) bond motifs is 1. The van der Waals surface area contributed by atoms with Gasteiger partial charge in [-0.05, 0) is 31.2 Å². The summed E-state index contributed by atoms with van der Waals surface area (Å²) in [7, 11) is 0. The molecule has 1 aliphatic heterocycles. The molecule has 6 heteroatoms. The van der Waals surface area contributed by atoms with Gasteiger partial charge < -0.3 is 21.1 Å². The number of morpholine rings is 1. The maximum atomic E-state index is 11.7. The van der Waals surface area contributed by atoms with Crippen LogP contribution in [0.2, 0.25) is 0 Å². The molecule has 2 heterocycles. The van der Waals surface area contributed by atoms with Gasteiger partial charge in [0.1, 0.15) is 6.04 Å². The van der Waals surface area contributed by atoms with E-state index in [0.717, 1.165) is 22.3 Å². The molecular weight excluding hydrogens is 268 g/mol. The average Bonchev–Trinajstić information content (AvgIpc) is 2.47. The summed E-state index contributed by atoms with van der Waals surface area (Å²) in [5, 5.41) is 0.925. The molecule has 6 nitrogen and oxygen atoms in total. The van der Waals surface area contributed by atoms with Crippen molar-refractivity contribution in [3.63, 3.8) is 0 Å². The number of hydrogen-bond donors (Lipinski definition) is 2. The van der Waals surface area contributed by atoms with Gasteiger partial charge in [0.15, 0.2) is 0 Å². The Morgan fingerprint density at radius 2 is 2.24 bits per heavy atom. The van der Waals surface area contributed by atoms with E-state index in [2.05, 4.69) is 4.98 Å². The highest BCUT2D eigenvalue weighted by atomic mass is 16.5. The molecule has 21 heavy (non-hydrogen) atoms. The van der Waals surface area contributed by atoms with Gasteiger partial charge in [0, 0.05) is 29.0 Å². The zero-order chi connectivity index (χ0) is 15.0. The molecule has 1 aromatic carbocycles. The van der Waals surface area contributed by atoms with Crippen molar-refractivity contribution < 1.29 is 9.53 Å². The highest BCUT2D eigenvalue weighted by Gasteiger charge is 2.29. The van der Waals surface area contributed by atoms with Crippen molar-refractivity contribution in [2.75, 3.05) is 30.4 Å². The first-order valence-corrected chi connectivity index (χ1v) is 6.87. The fraction of sp³-hybridized carbons (Fsp3) is 0.333. The highest BCUT2D eigenvalue weighted by Crippen LogP contribution is 2.30. The summed E-state index contributed by atoms with van der Waals surface area (Å²) >= 11 is 0. The standard InChI is InChI=1S/C15H18N4O2/c1-9-6-13(11-7-10(16)2-3-12(11)18-9)19-4-5-21-8-14(19)15(17)20/h2-3,6-7,14H,4-5,8,16H2,1H3,(H2,17,20). The van der Waals surface area contributed by atoms with Crippen molar-refractivity contribution in [2.24, 2.45) is 5.73 Å². The number of anilines is 2. The third-order valence-corrected chi connectivity index (χ3v) is 3.71. The Morgan fingerprint density at radius 1 is 1.43 bits per heavy atom. The van der Waals surface area contributed by atoms with E-state index in [-0.39, 0.29) is 5.91 Å². The number of aryl methyl sites for hydroxylation is 1. The minimum atomic E-state index is -0.467. The Bertz CT molecular complexity index is 701. The van der Waals surface area contributed by atoms with Crippen LogP contribution in [-0.4, -0.2) is 36.7 Å². The molecule has 0 aliphatic carbocycles. The van der Waals surface area contributed by atoms with Crippen molar-refractivity contribution in [1.82, 2.24) is 4.98 Å². The smallest absolute Gasteiger partial charge is 0.242 e. The predicted octanol–water partition coefficient (Wildman–Crippen LogP) is 0.816. The summed E-state index contributed by atoms with van der Waals surface area (Å²) in [6.45, 7) is 3.41. The molecule has 1 fully saturated rings. The normalized spacial score (nSPS) is 18.9. The molecule has 3 rings (SSSR count). The topological polar surface area (TPSA) is 94.5 Å². The molecular formula is C15H18N4O2. The molecule has 1 aromatic heterocycles. The fourth-order valence-electron chi connectivity index (χ4n) is 2.72. The van der Waals surface area contributed by atoms with Crippen molar-refractivity contribution in [3.05, 3.63) is 30.0 Å². The highest BCUT2D eigenvalue weighted by molar-refractivity contribution is 5.96. The lowest BCUT2D eigenvalue weighted by Gasteiger charge is -2.36. The average molecular weight is 286 g/mol. The maximum absolute atomic E-state index is 11.7. The largest absolute Gasteiger partial charge is 0.399 e. The van der Waals surface area contributed by atoms with Crippen LogP contribution in [0.25, 0.3) is 10.9 Å². The van der Waals surface area contributed by atoms with Gasteiger partial charge in [-0.1, -0.05) is 0 Å². The second kappa shape index (κ2) is 5.21. The van der Waals surface area contributed by atoms with Gasteiger partial charge in [-0.2, -0.15) is 0 Å². The van der Waals surface area contributed by atoms with Crippen LogP contribution >= 0.6 is 0 Å². The molecule has 4 N–H and O–H groups in total. The number of nitrogens with two attached hydrogens (primary N) is 2. The first-order valence-electron chi connectivity index (χ1n) is 6.87. The number of primary amides is 1. The monoisotopic (exact) mass is 286 g/mol. The molecule has 1 atom stereocenters. The van der Waals surface area contributed by atoms with Crippen LogP contribution in [0.5, 0.6) is 0 Å². The quantitative estimate of drug-likeness (QED) is 0.797. The van der Waals surface area contributed by atoms with Crippen LogP contribution in [0.4, 0.5) is 11.4 Å². The van der Waals surface area contributed by atoms with Crippen LogP contribution in [-0.2, 0) is 9.53 Å². The molecule has 1 saturated heterocycles. The first kappa shape index (κ1) is 13.6. The SMILES string of the molecule is Cc1cc(N2CCOCC2C(N)=O)c2cc(N)ccc2n1. The van der Waals surface area contributed by atoms with Crippen LogP contribution < -0.4 is 16.4 Å². The summed E-state index contributed by atoms with van der Waals surface area (Å²) < 4.78 is 5.38. The van der Waals surface area contributed by atoms with Gasteiger partial charge in [0.05, 0.1) is 18.7 Å². The van der Waals surface area contributed by atoms with E-state index in [1.54, 1.807) is 0 Å². The second-order valence-electron chi connectivity index (χ2n) is 5.25. The Balaban J connectivity index is 2.17. The molecule has 1 amide bonds. The zero-order valence-electron chi connectivity index (χ0n) is 11.9. The van der Waals surface area contributed by atoms with E-state index in [1.165, 1.54) is 0 Å². The van der Waals surface area contributed by atoms with E-state index in [9.17, 15) is 4.79 Å². The maximum Gasteiger partial charge on any atom is 0.242 e. The number of hydrogen-bond acceptors (Lipinski definition) is 5. The Morgan fingerprint density at radius 3 is 3.00 bits per heavy atom. The lowest BCUT2D eigenvalue weighted by molar-refractivity contribution is -0.121. The number of amides is 1. The van der Waals surface area contributed by atoms with Gasteiger partial charge in [0.2, 0.25) is 5.91 Å². The number of pyridine rings is 1. The van der Waals surface area contributed by atoms with Gasteiger partial charge in [-0.3, -0.25) is 9.78 Å². The van der Waals surface area contributed by atoms with Gasteiger partial charge in [-0.25, -0.2) is 0 Å². The number of rotatable bonds is 2. The number of carbonyl (C=O) groups excluding carboxylic acids is 1. The molecule has 0 spiro atoms. The third-order valence-electron chi connectivity index (χ3n) is 3.71. The number of carbonyl (C=O) groups is 1. The summed E-state index contributed by atoms with van der Waals surface area (Å²) in [6.07, 6.45) is 0. The molecule has 2 aromatic rings. The molecule has 1 unspecified atom stereocenters. The lowest BCUT2D eigenvalue weighted by atomic mass is 10.1. The fourth-order valence-corrected chi connectivity index (χ4v) is 2.72. The minimum Gasteiger partial charge on any atom is -0.399 e. The third kappa shape index (κ3) is 2.50. The molecule has 1 aliphatic rings. The molecule has 0 radical (unpaired) electrons. The summed E-state index contributed by atoms with van der Waals surface area (Å²) in [6, 6.07) is 7.09. The summed E-state index contributed by atoms with van der Waals surface area (Å²) in [4.78, 5) is 18.2. The number of nitrogens with zero attached hydrogens (tertiary/aromatic N) is 2. The Hall–Kier alpha value is -2.34. The van der Waals surface area contributed by atoms with Crippen LogP contribution in [0.15, 0.2) is 24.3 Å². The van der Waals surface area contributed by atoms with Gasteiger partial charge in [0.25, 0.3) is 0 Å². The van der Waals surface area contributed by atoms with E-state index in [0.29, 0.717) is 25.4 Å².